The minimum atomic E-state index is -0.530. The average molecular weight is 338 g/mol. The third-order valence-corrected chi connectivity index (χ3v) is 3.97. The normalized spacial score (nSPS) is 19.0. The number of ether oxygens (including phenoxy) is 2. The molecule has 0 bridgehead atoms. The maximum absolute atomic E-state index is 12.1. The van der Waals surface area contributed by atoms with E-state index in [2.05, 4.69) is 10.3 Å². The lowest BCUT2D eigenvalue weighted by Crippen LogP contribution is -2.38. The van der Waals surface area contributed by atoms with Gasteiger partial charge in [0, 0.05) is 6.54 Å². The van der Waals surface area contributed by atoms with Gasteiger partial charge in [-0.2, -0.15) is 0 Å². The van der Waals surface area contributed by atoms with Crippen LogP contribution in [0.3, 0.4) is 0 Å². The molecule has 0 radical (unpaired) electrons. The van der Waals surface area contributed by atoms with E-state index in [0.29, 0.717) is 24.8 Å². The number of para-hydroxylation sites is 1. The van der Waals surface area contributed by atoms with E-state index in [1.54, 1.807) is 0 Å². The summed E-state index contributed by atoms with van der Waals surface area (Å²) in [4.78, 5) is 16.6. The molecule has 1 N–H and O–H groups in total. The van der Waals surface area contributed by atoms with E-state index in [-0.39, 0.29) is 12.0 Å². The number of hydrogen-bond donors (Lipinski definition) is 1. The Morgan fingerprint density at radius 2 is 1.88 bits per heavy atom. The van der Waals surface area contributed by atoms with Crippen LogP contribution in [0.4, 0.5) is 0 Å². The lowest BCUT2D eigenvalue weighted by molar-refractivity contribution is -0.123. The van der Waals surface area contributed by atoms with Crippen molar-refractivity contribution in [1.82, 2.24) is 5.32 Å². The molecule has 0 aromatic heterocycles. The third-order valence-electron chi connectivity index (χ3n) is 3.97. The SMILES string of the molecule is CCNC(=O)[C@H]1N=C(c2ccccc2OCc2ccccc2)O[C@H]1C. The van der Waals surface area contributed by atoms with Crippen LogP contribution in [-0.4, -0.2) is 30.5 Å². The molecule has 2 aromatic rings. The fourth-order valence-electron chi connectivity index (χ4n) is 2.69. The molecule has 5 heteroatoms. The first kappa shape index (κ1) is 17.0. The lowest BCUT2D eigenvalue weighted by Gasteiger charge is -2.13. The number of likely N-dealkylation sites (N-methyl/N-ethyl adjacent to an activating group) is 1. The highest BCUT2D eigenvalue weighted by molar-refractivity contribution is 6.00. The first-order valence-corrected chi connectivity index (χ1v) is 8.47. The first-order valence-electron chi connectivity index (χ1n) is 8.47. The maximum Gasteiger partial charge on any atom is 0.248 e. The summed E-state index contributed by atoms with van der Waals surface area (Å²) in [6, 6.07) is 17.0. The number of carbonyl (C=O) groups is 1. The molecular weight excluding hydrogens is 316 g/mol. The van der Waals surface area contributed by atoms with Gasteiger partial charge in [0.05, 0.1) is 5.56 Å². The molecule has 25 heavy (non-hydrogen) atoms. The summed E-state index contributed by atoms with van der Waals surface area (Å²) in [5.74, 6) is 1.02. The monoisotopic (exact) mass is 338 g/mol. The molecule has 0 saturated carbocycles. The van der Waals surface area contributed by atoms with Crippen LogP contribution in [0.1, 0.15) is 25.0 Å². The van der Waals surface area contributed by atoms with Crippen molar-refractivity contribution in [1.29, 1.82) is 0 Å². The fourth-order valence-corrected chi connectivity index (χ4v) is 2.69. The van der Waals surface area contributed by atoms with Crippen molar-refractivity contribution in [2.24, 2.45) is 4.99 Å². The zero-order valence-corrected chi connectivity index (χ0v) is 14.4. The lowest BCUT2D eigenvalue weighted by atomic mass is 10.2. The Kier molecular flexibility index (Phi) is 5.33. The topological polar surface area (TPSA) is 59.9 Å². The predicted octanol–water partition coefficient (Wildman–Crippen LogP) is 2.94. The standard InChI is InChI=1S/C20H22N2O3/c1-3-21-19(23)18-14(2)25-20(22-18)16-11-7-8-12-17(16)24-13-15-9-5-4-6-10-15/h4-12,14,18H,3,13H2,1-2H3,(H,21,23)/t14-,18-/m0/s1. The Labute approximate surface area is 147 Å². The Bertz CT molecular complexity index is 759. The summed E-state index contributed by atoms with van der Waals surface area (Å²) in [5.41, 5.74) is 1.84. The molecule has 1 heterocycles. The number of rotatable bonds is 6. The van der Waals surface area contributed by atoms with Gasteiger partial charge < -0.3 is 14.8 Å². The molecule has 0 spiro atoms. The Hall–Kier alpha value is -2.82. The maximum atomic E-state index is 12.1. The van der Waals surface area contributed by atoms with E-state index in [1.807, 2.05) is 68.4 Å². The average Bonchev–Trinajstić information content (AvgIpc) is 3.03. The summed E-state index contributed by atoms with van der Waals surface area (Å²) in [7, 11) is 0. The predicted molar refractivity (Wildman–Crippen MR) is 96.8 cm³/mol. The van der Waals surface area contributed by atoms with Gasteiger partial charge in [0.1, 0.15) is 18.5 Å². The van der Waals surface area contributed by atoms with Crippen molar-refractivity contribution in [3.8, 4) is 5.75 Å². The van der Waals surface area contributed by atoms with Gasteiger partial charge in [-0.1, -0.05) is 42.5 Å². The van der Waals surface area contributed by atoms with E-state index in [1.165, 1.54) is 0 Å². The fraction of sp³-hybridized carbons (Fsp3) is 0.300. The Balaban J connectivity index is 1.78. The summed E-state index contributed by atoms with van der Waals surface area (Å²) in [5, 5.41) is 2.79. The van der Waals surface area contributed by atoms with Crippen molar-refractivity contribution in [3.05, 3.63) is 65.7 Å². The number of carbonyl (C=O) groups excluding carboxylic acids is 1. The number of benzene rings is 2. The number of amides is 1. The van der Waals surface area contributed by atoms with Crippen molar-refractivity contribution in [2.45, 2.75) is 32.6 Å². The highest BCUT2D eigenvalue weighted by atomic mass is 16.5. The van der Waals surface area contributed by atoms with E-state index < -0.39 is 6.04 Å². The smallest absolute Gasteiger partial charge is 0.248 e. The highest BCUT2D eigenvalue weighted by Gasteiger charge is 2.34. The van der Waals surface area contributed by atoms with Gasteiger partial charge in [0.2, 0.25) is 11.8 Å². The first-order chi connectivity index (χ1) is 12.2. The van der Waals surface area contributed by atoms with E-state index in [0.717, 1.165) is 11.1 Å². The van der Waals surface area contributed by atoms with Crippen LogP contribution in [0.25, 0.3) is 0 Å². The molecule has 0 aliphatic carbocycles. The molecule has 2 atom stereocenters. The van der Waals surface area contributed by atoms with Crippen LogP contribution >= 0.6 is 0 Å². The quantitative estimate of drug-likeness (QED) is 0.881. The van der Waals surface area contributed by atoms with Gasteiger partial charge in [-0.05, 0) is 31.5 Å². The van der Waals surface area contributed by atoms with E-state index in [9.17, 15) is 4.79 Å². The van der Waals surface area contributed by atoms with Gasteiger partial charge in [0.25, 0.3) is 0 Å². The van der Waals surface area contributed by atoms with Gasteiger partial charge in [-0.3, -0.25) is 4.79 Å². The second-order valence-corrected chi connectivity index (χ2v) is 5.87. The number of nitrogens with one attached hydrogen (secondary N) is 1. The second kappa shape index (κ2) is 7.83. The molecule has 5 nitrogen and oxygen atoms in total. The molecule has 130 valence electrons. The van der Waals surface area contributed by atoms with Gasteiger partial charge in [-0.15, -0.1) is 0 Å². The van der Waals surface area contributed by atoms with Crippen molar-refractivity contribution >= 4 is 11.8 Å². The van der Waals surface area contributed by atoms with Crippen molar-refractivity contribution in [3.63, 3.8) is 0 Å². The summed E-state index contributed by atoms with van der Waals surface area (Å²) >= 11 is 0. The number of nitrogens with zero attached hydrogens (tertiary/aromatic N) is 1. The molecule has 0 saturated heterocycles. The minimum absolute atomic E-state index is 0.118. The van der Waals surface area contributed by atoms with Crippen LogP contribution < -0.4 is 10.1 Å². The molecule has 1 amide bonds. The van der Waals surface area contributed by atoms with Crippen LogP contribution in [0, 0.1) is 0 Å². The Morgan fingerprint density at radius 1 is 1.16 bits per heavy atom. The zero-order chi connectivity index (χ0) is 17.6. The molecule has 1 aliphatic rings. The molecule has 3 rings (SSSR count). The summed E-state index contributed by atoms with van der Waals surface area (Å²) < 4.78 is 11.8. The van der Waals surface area contributed by atoms with Gasteiger partial charge in [-0.25, -0.2) is 4.99 Å². The molecule has 0 unspecified atom stereocenters. The van der Waals surface area contributed by atoms with Crippen molar-refractivity contribution in [2.75, 3.05) is 6.54 Å². The second-order valence-electron chi connectivity index (χ2n) is 5.87. The molecule has 0 fully saturated rings. The van der Waals surface area contributed by atoms with E-state index in [4.69, 9.17) is 9.47 Å². The van der Waals surface area contributed by atoms with Crippen LogP contribution in [0.5, 0.6) is 5.75 Å². The van der Waals surface area contributed by atoms with Crippen LogP contribution in [-0.2, 0) is 16.1 Å². The Morgan fingerprint density at radius 3 is 2.64 bits per heavy atom. The third kappa shape index (κ3) is 3.99. The van der Waals surface area contributed by atoms with E-state index >= 15 is 0 Å². The van der Waals surface area contributed by atoms with Gasteiger partial charge >= 0.3 is 0 Å². The largest absolute Gasteiger partial charge is 0.488 e. The number of aliphatic imine (C=N–C) groups is 1. The minimum Gasteiger partial charge on any atom is -0.488 e. The molecule has 2 aromatic carbocycles. The summed E-state index contributed by atoms with van der Waals surface area (Å²) in [6.07, 6.45) is -0.302. The van der Waals surface area contributed by atoms with Crippen molar-refractivity contribution < 1.29 is 14.3 Å². The highest BCUT2D eigenvalue weighted by Crippen LogP contribution is 2.26. The molecule has 1 aliphatic heterocycles. The van der Waals surface area contributed by atoms with Crippen LogP contribution in [0.2, 0.25) is 0 Å². The zero-order valence-electron chi connectivity index (χ0n) is 14.4. The van der Waals surface area contributed by atoms with Crippen LogP contribution in [0.15, 0.2) is 59.6 Å². The van der Waals surface area contributed by atoms with Gasteiger partial charge in [0.15, 0.2) is 6.04 Å². The number of hydrogen-bond acceptors (Lipinski definition) is 4. The molecular formula is C20H22N2O3. The summed E-state index contributed by atoms with van der Waals surface area (Å²) in [6.45, 7) is 4.77.